The maximum atomic E-state index is 12.9. The molecule has 8 heteroatoms. The lowest BCUT2D eigenvalue weighted by molar-refractivity contribution is -0.139. The Morgan fingerprint density at radius 1 is 1.14 bits per heavy atom. The second kappa shape index (κ2) is 9.62. The normalized spacial score (nSPS) is 18.7. The van der Waals surface area contributed by atoms with Crippen molar-refractivity contribution in [2.75, 3.05) is 37.6 Å². The number of nitrogens with one attached hydrogen (secondary N) is 2. The molecule has 2 N–H and O–H groups in total. The van der Waals surface area contributed by atoms with Gasteiger partial charge in [0, 0.05) is 19.6 Å². The number of hydrogen-bond donors (Lipinski definition) is 2. The van der Waals surface area contributed by atoms with E-state index in [-0.39, 0.29) is 19.0 Å². The lowest BCUT2D eigenvalue weighted by Crippen LogP contribution is -2.53. The molecule has 2 aliphatic heterocycles. The lowest BCUT2D eigenvalue weighted by atomic mass is 10.1. The molecule has 0 bridgehead atoms. The maximum absolute atomic E-state index is 12.9. The van der Waals surface area contributed by atoms with Crippen molar-refractivity contribution in [1.82, 2.24) is 15.5 Å². The molecule has 1 aromatic carbocycles. The van der Waals surface area contributed by atoms with E-state index < -0.39 is 18.0 Å². The van der Waals surface area contributed by atoms with Crippen LogP contribution in [0.15, 0.2) is 24.3 Å². The molecular formula is C21H30N4O4. The van der Waals surface area contributed by atoms with Crippen molar-refractivity contribution in [3.05, 3.63) is 24.3 Å². The van der Waals surface area contributed by atoms with Crippen molar-refractivity contribution in [3.63, 3.8) is 0 Å². The van der Waals surface area contributed by atoms with Crippen LogP contribution in [-0.2, 0) is 9.59 Å². The molecule has 2 heterocycles. The highest BCUT2D eigenvalue weighted by Crippen LogP contribution is 2.33. The van der Waals surface area contributed by atoms with Gasteiger partial charge in [0.05, 0.1) is 18.8 Å². The fourth-order valence-corrected chi connectivity index (χ4v) is 3.58. The number of hydrogen-bond acceptors (Lipinski definition) is 5. The van der Waals surface area contributed by atoms with Crippen LogP contribution in [0.5, 0.6) is 5.75 Å². The molecule has 3 rings (SSSR count). The highest BCUT2D eigenvalue weighted by molar-refractivity contribution is 5.97. The molecule has 29 heavy (non-hydrogen) atoms. The summed E-state index contributed by atoms with van der Waals surface area (Å²) in [6, 6.07) is 6.83. The van der Waals surface area contributed by atoms with Gasteiger partial charge in [-0.25, -0.2) is 4.79 Å². The molecule has 0 aromatic heterocycles. The molecule has 1 unspecified atom stereocenters. The first-order chi connectivity index (χ1) is 13.9. The SMILES string of the molecule is CC(C)CNC(=O)NC(=O)CN1CC(C(=O)N2CCCCC2)Oc2ccccc21. The Kier molecular flexibility index (Phi) is 6.95. The summed E-state index contributed by atoms with van der Waals surface area (Å²) in [5.41, 5.74) is 0.743. The Bertz CT molecular complexity index is 746. The highest BCUT2D eigenvalue weighted by Gasteiger charge is 2.34. The number of fused-ring (bicyclic) bond motifs is 1. The number of amides is 4. The van der Waals surface area contributed by atoms with Gasteiger partial charge in [-0.3, -0.25) is 14.9 Å². The molecule has 8 nitrogen and oxygen atoms in total. The van der Waals surface area contributed by atoms with Crippen molar-refractivity contribution in [1.29, 1.82) is 0 Å². The van der Waals surface area contributed by atoms with E-state index in [1.807, 2.05) is 36.9 Å². The molecule has 4 amide bonds. The lowest BCUT2D eigenvalue weighted by Gasteiger charge is -2.38. The summed E-state index contributed by atoms with van der Waals surface area (Å²) in [5, 5.41) is 5.02. The number of benzene rings is 1. The van der Waals surface area contributed by atoms with Crippen molar-refractivity contribution >= 4 is 23.5 Å². The zero-order chi connectivity index (χ0) is 20.8. The van der Waals surface area contributed by atoms with E-state index in [2.05, 4.69) is 10.6 Å². The number of carbonyl (C=O) groups excluding carboxylic acids is 3. The summed E-state index contributed by atoms with van der Waals surface area (Å²) in [6.07, 6.45) is 2.49. The molecular weight excluding hydrogens is 372 g/mol. The van der Waals surface area contributed by atoms with Crippen LogP contribution in [0, 0.1) is 5.92 Å². The molecule has 1 aromatic rings. The van der Waals surface area contributed by atoms with Gasteiger partial charge in [0.2, 0.25) is 5.91 Å². The fraction of sp³-hybridized carbons (Fsp3) is 0.571. The number of nitrogens with zero attached hydrogens (tertiary/aromatic N) is 2. The van der Waals surface area contributed by atoms with Gasteiger partial charge in [-0.2, -0.15) is 0 Å². The molecule has 158 valence electrons. The van der Waals surface area contributed by atoms with E-state index in [1.165, 1.54) is 0 Å². The molecule has 2 aliphatic rings. The number of urea groups is 1. The monoisotopic (exact) mass is 402 g/mol. The van der Waals surface area contributed by atoms with Crippen molar-refractivity contribution in [2.24, 2.45) is 5.92 Å². The molecule has 0 spiro atoms. The number of ether oxygens (including phenoxy) is 1. The Hall–Kier alpha value is -2.77. The van der Waals surface area contributed by atoms with E-state index in [4.69, 9.17) is 4.74 Å². The average Bonchev–Trinajstić information content (AvgIpc) is 2.72. The Labute approximate surface area is 171 Å². The zero-order valence-electron chi connectivity index (χ0n) is 17.1. The molecule has 0 saturated carbocycles. The largest absolute Gasteiger partial charge is 0.477 e. The molecule has 1 fully saturated rings. The summed E-state index contributed by atoms with van der Waals surface area (Å²) in [5.74, 6) is 0.404. The number of carbonyl (C=O) groups is 3. The third-order valence-corrected chi connectivity index (χ3v) is 5.06. The standard InChI is InChI=1S/C21H30N4O4/c1-15(2)12-22-21(28)23-19(26)14-25-13-18(20(27)24-10-6-3-7-11-24)29-17-9-5-4-8-16(17)25/h4-5,8-9,15,18H,3,6-7,10-14H2,1-2H3,(H2,22,23,26,28). The first-order valence-electron chi connectivity index (χ1n) is 10.3. The predicted molar refractivity (Wildman–Crippen MR) is 110 cm³/mol. The van der Waals surface area contributed by atoms with Crippen LogP contribution in [0.1, 0.15) is 33.1 Å². The van der Waals surface area contributed by atoms with Gasteiger partial charge in [0.25, 0.3) is 5.91 Å². The minimum atomic E-state index is -0.662. The van der Waals surface area contributed by atoms with Crippen LogP contribution in [0.3, 0.4) is 0 Å². The van der Waals surface area contributed by atoms with Gasteiger partial charge in [0.15, 0.2) is 6.10 Å². The van der Waals surface area contributed by atoms with Crippen LogP contribution in [0.4, 0.5) is 10.5 Å². The van der Waals surface area contributed by atoms with Gasteiger partial charge < -0.3 is 19.9 Å². The van der Waals surface area contributed by atoms with Crippen LogP contribution < -0.4 is 20.3 Å². The minimum absolute atomic E-state index is 0.0285. The van der Waals surface area contributed by atoms with Gasteiger partial charge in [-0.05, 0) is 37.3 Å². The highest BCUT2D eigenvalue weighted by atomic mass is 16.5. The van der Waals surface area contributed by atoms with Gasteiger partial charge >= 0.3 is 6.03 Å². The summed E-state index contributed by atoms with van der Waals surface area (Å²) >= 11 is 0. The van der Waals surface area contributed by atoms with Gasteiger partial charge in [-0.15, -0.1) is 0 Å². The second-order valence-electron chi connectivity index (χ2n) is 7.99. The third-order valence-electron chi connectivity index (χ3n) is 5.06. The van der Waals surface area contributed by atoms with Crippen LogP contribution in [-0.4, -0.2) is 61.6 Å². The minimum Gasteiger partial charge on any atom is -0.477 e. The summed E-state index contributed by atoms with van der Waals surface area (Å²) in [6.45, 7) is 6.19. The molecule has 1 atom stereocenters. The second-order valence-corrected chi connectivity index (χ2v) is 7.99. The van der Waals surface area contributed by atoms with Crippen molar-refractivity contribution in [2.45, 2.75) is 39.2 Å². The number of para-hydroxylation sites is 2. The number of piperidine rings is 1. The van der Waals surface area contributed by atoms with Crippen molar-refractivity contribution < 1.29 is 19.1 Å². The number of rotatable bonds is 5. The number of imide groups is 1. The van der Waals surface area contributed by atoms with E-state index >= 15 is 0 Å². The topological polar surface area (TPSA) is 91.0 Å². The van der Waals surface area contributed by atoms with E-state index in [0.29, 0.717) is 18.2 Å². The predicted octanol–water partition coefficient (Wildman–Crippen LogP) is 1.75. The number of anilines is 1. The van der Waals surface area contributed by atoms with E-state index in [1.54, 1.807) is 11.0 Å². The van der Waals surface area contributed by atoms with Gasteiger partial charge in [-0.1, -0.05) is 26.0 Å². The summed E-state index contributed by atoms with van der Waals surface area (Å²) in [7, 11) is 0. The number of likely N-dealkylation sites (tertiary alicyclic amines) is 1. The van der Waals surface area contributed by atoms with E-state index in [9.17, 15) is 14.4 Å². The molecule has 0 radical (unpaired) electrons. The maximum Gasteiger partial charge on any atom is 0.321 e. The molecule has 0 aliphatic carbocycles. The first-order valence-corrected chi connectivity index (χ1v) is 10.3. The summed E-state index contributed by atoms with van der Waals surface area (Å²) in [4.78, 5) is 40.9. The van der Waals surface area contributed by atoms with Crippen LogP contribution in [0.25, 0.3) is 0 Å². The Balaban J connectivity index is 1.65. The van der Waals surface area contributed by atoms with Crippen LogP contribution >= 0.6 is 0 Å². The Morgan fingerprint density at radius 2 is 1.86 bits per heavy atom. The zero-order valence-corrected chi connectivity index (χ0v) is 17.1. The molecule has 1 saturated heterocycles. The van der Waals surface area contributed by atoms with E-state index in [0.717, 1.165) is 38.0 Å². The smallest absolute Gasteiger partial charge is 0.321 e. The summed E-state index contributed by atoms with van der Waals surface area (Å²) < 4.78 is 5.96. The fourth-order valence-electron chi connectivity index (χ4n) is 3.58. The Morgan fingerprint density at radius 3 is 2.59 bits per heavy atom. The van der Waals surface area contributed by atoms with Crippen LogP contribution in [0.2, 0.25) is 0 Å². The quantitative estimate of drug-likeness (QED) is 0.783. The average molecular weight is 402 g/mol. The third kappa shape index (κ3) is 5.62. The first kappa shape index (κ1) is 21.0. The van der Waals surface area contributed by atoms with Crippen molar-refractivity contribution in [3.8, 4) is 5.75 Å². The van der Waals surface area contributed by atoms with Gasteiger partial charge in [0.1, 0.15) is 5.75 Å².